The van der Waals surface area contributed by atoms with Crippen LogP contribution in [-0.4, -0.2) is 67.5 Å². The molecule has 0 bridgehead atoms. The van der Waals surface area contributed by atoms with Gasteiger partial charge in [-0.2, -0.15) is 5.10 Å². The van der Waals surface area contributed by atoms with Crippen LogP contribution in [0.4, 0.5) is 5.69 Å². The minimum absolute atomic E-state index is 0. The molecule has 0 radical (unpaired) electrons. The van der Waals surface area contributed by atoms with Crippen molar-refractivity contribution in [3.8, 4) is 5.75 Å². The number of aryl methyl sites for hydroxylation is 1. The molecule has 2 aliphatic rings. The Hall–Kier alpha value is -1.97. The first-order valence-electron chi connectivity index (χ1n) is 10.5. The normalized spacial score (nSPS) is 21.6. The summed E-state index contributed by atoms with van der Waals surface area (Å²) in [6.07, 6.45) is 6.48. The van der Waals surface area contributed by atoms with Crippen LogP contribution in [0.15, 0.2) is 41.7 Å². The molecule has 7 nitrogen and oxygen atoms in total. The van der Waals surface area contributed by atoms with E-state index in [9.17, 15) is 0 Å². The zero-order valence-electron chi connectivity index (χ0n) is 18.1. The van der Waals surface area contributed by atoms with Gasteiger partial charge < -0.3 is 19.9 Å². The van der Waals surface area contributed by atoms with E-state index in [1.807, 2.05) is 31.0 Å². The molecule has 2 fully saturated rings. The van der Waals surface area contributed by atoms with Gasteiger partial charge in [-0.1, -0.05) is 6.07 Å². The van der Waals surface area contributed by atoms with Crippen molar-refractivity contribution in [2.75, 3.05) is 51.8 Å². The second kappa shape index (κ2) is 10.4. The van der Waals surface area contributed by atoms with Crippen LogP contribution in [0.2, 0.25) is 0 Å². The van der Waals surface area contributed by atoms with Gasteiger partial charge in [-0.3, -0.25) is 9.67 Å². The van der Waals surface area contributed by atoms with E-state index in [4.69, 9.17) is 4.74 Å². The van der Waals surface area contributed by atoms with E-state index < -0.39 is 0 Å². The molecule has 30 heavy (non-hydrogen) atoms. The predicted molar refractivity (Wildman–Crippen MR) is 132 cm³/mol. The largest absolute Gasteiger partial charge is 0.497 e. The molecule has 4 rings (SSSR count). The third-order valence-electron chi connectivity index (χ3n) is 6.15. The van der Waals surface area contributed by atoms with Crippen molar-refractivity contribution in [3.63, 3.8) is 0 Å². The summed E-state index contributed by atoms with van der Waals surface area (Å²) < 4.78 is 7.26. The predicted octanol–water partition coefficient (Wildman–Crippen LogP) is 2.94. The van der Waals surface area contributed by atoms with Gasteiger partial charge in [0.05, 0.1) is 13.3 Å². The third kappa shape index (κ3) is 5.19. The van der Waals surface area contributed by atoms with Crippen LogP contribution >= 0.6 is 24.0 Å². The molecule has 2 aromatic rings. The van der Waals surface area contributed by atoms with Gasteiger partial charge in [0, 0.05) is 70.7 Å². The number of halogens is 1. The number of methoxy groups -OCH3 is 1. The number of rotatable bonds is 5. The Labute approximate surface area is 196 Å². The average Bonchev–Trinajstić information content (AvgIpc) is 3.49. The van der Waals surface area contributed by atoms with Gasteiger partial charge >= 0.3 is 0 Å². The molecule has 0 spiro atoms. The highest BCUT2D eigenvalue weighted by Gasteiger charge is 2.28. The summed E-state index contributed by atoms with van der Waals surface area (Å²) in [4.78, 5) is 9.38. The van der Waals surface area contributed by atoms with Crippen molar-refractivity contribution < 1.29 is 4.74 Å². The summed E-state index contributed by atoms with van der Waals surface area (Å²) >= 11 is 0. The SMILES string of the molecule is CN=C(NCC1CCN(c2cccc(OC)c2)C1)N1CCC(c2cnn(C)c2)C1.I. The van der Waals surface area contributed by atoms with Gasteiger partial charge in [0.25, 0.3) is 0 Å². The lowest BCUT2D eigenvalue weighted by molar-refractivity contribution is 0.415. The Balaban J connectivity index is 0.00000256. The smallest absolute Gasteiger partial charge is 0.193 e. The number of guanidine groups is 1. The number of anilines is 1. The zero-order chi connectivity index (χ0) is 20.2. The van der Waals surface area contributed by atoms with Crippen LogP contribution in [0, 0.1) is 5.92 Å². The minimum atomic E-state index is 0. The Morgan fingerprint density at radius 1 is 1.27 bits per heavy atom. The second-order valence-corrected chi connectivity index (χ2v) is 8.11. The maximum absolute atomic E-state index is 5.37. The van der Waals surface area contributed by atoms with Gasteiger partial charge in [0.1, 0.15) is 5.75 Å². The number of aromatic nitrogens is 2. The van der Waals surface area contributed by atoms with Crippen molar-refractivity contribution in [2.24, 2.45) is 18.0 Å². The van der Waals surface area contributed by atoms with Crippen LogP contribution in [0.3, 0.4) is 0 Å². The van der Waals surface area contributed by atoms with Crippen molar-refractivity contribution >= 4 is 35.6 Å². The lowest BCUT2D eigenvalue weighted by Gasteiger charge is -2.23. The molecule has 2 saturated heterocycles. The quantitative estimate of drug-likeness (QED) is 0.371. The van der Waals surface area contributed by atoms with Crippen molar-refractivity contribution in [1.82, 2.24) is 20.0 Å². The van der Waals surface area contributed by atoms with Gasteiger partial charge in [-0.25, -0.2) is 0 Å². The summed E-state index contributed by atoms with van der Waals surface area (Å²) in [5, 5.41) is 7.95. The number of nitrogens with one attached hydrogen (secondary N) is 1. The van der Waals surface area contributed by atoms with Gasteiger partial charge in [0.15, 0.2) is 5.96 Å². The average molecular weight is 524 g/mol. The van der Waals surface area contributed by atoms with Crippen LogP contribution < -0.4 is 15.0 Å². The number of ether oxygens (including phenoxy) is 1. The molecular formula is C22H33IN6O. The number of aliphatic imine (C=N–C) groups is 1. The Kier molecular flexibility index (Phi) is 7.85. The fourth-order valence-corrected chi connectivity index (χ4v) is 4.48. The molecule has 1 N–H and O–H groups in total. The van der Waals surface area contributed by atoms with E-state index in [0.717, 1.165) is 50.9 Å². The maximum Gasteiger partial charge on any atom is 0.193 e. The van der Waals surface area contributed by atoms with Gasteiger partial charge in [-0.05, 0) is 36.5 Å². The molecule has 8 heteroatoms. The van der Waals surface area contributed by atoms with E-state index in [0.29, 0.717) is 11.8 Å². The molecule has 0 aliphatic carbocycles. The summed E-state index contributed by atoms with van der Waals surface area (Å²) in [7, 11) is 5.59. The van der Waals surface area contributed by atoms with Crippen molar-refractivity contribution in [1.29, 1.82) is 0 Å². The van der Waals surface area contributed by atoms with Crippen LogP contribution in [0.25, 0.3) is 0 Å². The first-order valence-corrected chi connectivity index (χ1v) is 10.5. The van der Waals surface area contributed by atoms with Crippen molar-refractivity contribution in [2.45, 2.75) is 18.8 Å². The van der Waals surface area contributed by atoms with Crippen LogP contribution in [0.1, 0.15) is 24.3 Å². The lowest BCUT2D eigenvalue weighted by atomic mass is 10.0. The number of likely N-dealkylation sites (tertiary alicyclic amines) is 1. The lowest BCUT2D eigenvalue weighted by Crippen LogP contribution is -2.42. The minimum Gasteiger partial charge on any atom is -0.497 e. The van der Waals surface area contributed by atoms with E-state index in [1.165, 1.54) is 17.7 Å². The highest BCUT2D eigenvalue weighted by molar-refractivity contribution is 14.0. The molecule has 164 valence electrons. The molecule has 2 unspecified atom stereocenters. The standard InChI is InChI=1S/C22H32N6O.HI/c1-23-22(28-10-8-18(16-28)19-13-25-26(2)15-19)24-12-17-7-9-27(14-17)20-5-4-6-21(11-20)29-3;/h4-6,11,13,15,17-18H,7-10,12,14,16H2,1-3H3,(H,23,24);1H. The summed E-state index contributed by atoms with van der Waals surface area (Å²) in [6.45, 7) is 5.16. The van der Waals surface area contributed by atoms with Crippen LogP contribution in [0.5, 0.6) is 5.75 Å². The molecule has 3 heterocycles. The monoisotopic (exact) mass is 524 g/mol. The molecule has 2 aliphatic heterocycles. The topological polar surface area (TPSA) is 57.9 Å². The molecule has 0 amide bonds. The number of hydrogen-bond acceptors (Lipinski definition) is 4. The maximum atomic E-state index is 5.37. The molecule has 1 aromatic heterocycles. The van der Waals surface area contributed by atoms with Crippen LogP contribution in [-0.2, 0) is 7.05 Å². The number of nitrogens with zero attached hydrogens (tertiary/aromatic N) is 5. The van der Waals surface area contributed by atoms with E-state index in [1.54, 1.807) is 7.11 Å². The van der Waals surface area contributed by atoms with Gasteiger partial charge in [-0.15, -0.1) is 24.0 Å². The van der Waals surface area contributed by atoms with Gasteiger partial charge in [0.2, 0.25) is 0 Å². The molecular weight excluding hydrogens is 491 g/mol. The van der Waals surface area contributed by atoms with E-state index in [2.05, 4.69) is 49.6 Å². The van der Waals surface area contributed by atoms with E-state index in [-0.39, 0.29) is 24.0 Å². The third-order valence-corrected chi connectivity index (χ3v) is 6.15. The fourth-order valence-electron chi connectivity index (χ4n) is 4.48. The Morgan fingerprint density at radius 3 is 2.87 bits per heavy atom. The summed E-state index contributed by atoms with van der Waals surface area (Å²) in [5.74, 6) is 3.10. The second-order valence-electron chi connectivity index (χ2n) is 8.11. The number of benzene rings is 1. The summed E-state index contributed by atoms with van der Waals surface area (Å²) in [5.41, 5.74) is 2.57. The molecule has 1 aromatic carbocycles. The molecule has 0 saturated carbocycles. The first-order chi connectivity index (χ1) is 14.2. The summed E-state index contributed by atoms with van der Waals surface area (Å²) in [6, 6.07) is 8.35. The van der Waals surface area contributed by atoms with Crippen molar-refractivity contribution in [3.05, 3.63) is 42.2 Å². The fraction of sp³-hybridized carbons (Fsp3) is 0.545. The zero-order valence-corrected chi connectivity index (χ0v) is 20.5. The Bertz CT molecular complexity index is 854. The first kappa shape index (κ1) is 22.7. The molecule has 2 atom stereocenters. The highest BCUT2D eigenvalue weighted by atomic mass is 127. The highest BCUT2D eigenvalue weighted by Crippen LogP contribution is 2.28. The van der Waals surface area contributed by atoms with E-state index >= 15 is 0 Å². The Morgan fingerprint density at radius 2 is 2.13 bits per heavy atom. The number of hydrogen-bond donors (Lipinski definition) is 1.